The van der Waals surface area contributed by atoms with Crippen LogP contribution in [0.15, 0.2) is 84.9 Å². The van der Waals surface area contributed by atoms with Crippen molar-refractivity contribution < 1.29 is 18.7 Å². The van der Waals surface area contributed by atoms with Crippen molar-refractivity contribution >= 4 is 22.8 Å². The summed E-state index contributed by atoms with van der Waals surface area (Å²) in [4.78, 5) is 29.8. The van der Waals surface area contributed by atoms with Gasteiger partial charge in [-0.05, 0) is 48.9 Å². The molecule has 0 aliphatic rings. The number of hydrogen-bond acceptors (Lipinski definition) is 4. The van der Waals surface area contributed by atoms with Crippen LogP contribution in [0.1, 0.15) is 28.9 Å². The standard InChI is InChI=1S/C26H21FN2O3/c1-17(18-7-3-2-4-8-18)28-25(30)16-32-26(31)22-15-24(19-11-13-20(27)14-12-19)29-23-10-6-5-9-21(22)23/h2-15,17H,16H2,1H3,(H,28,30)/t17-/m0/s1. The number of para-hydroxylation sites is 1. The number of halogens is 1. The number of ether oxygens (including phenoxy) is 1. The summed E-state index contributed by atoms with van der Waals surface area (Å²) in [5.41, 5.74) is 3.02. The van der Waals surface area contributed by atoms with E-state index < -0.39 is 18.5 Å². The number of hydrogen-bond donors (Lipinski definition) is 1. The van der Waals surface area contributed by atoms with Crippen molar-refractivity contribution in [2.24, 2.45) is 0 Å². The first-order chi connectivity index (χ1) is 15.5. The number of rotatable bonds is 6. The molecule has 0 radical (unpaired) electrons. The molecule has 32 heavy (non-hydrogen) atoms. The Morgan fingerprint density at radius 2 is 1.66 bits per heavy atom. The smallest absolute Gasteiger partial charge is 0.339 e. The number of nitrogens with zero attached hydrogens (tertiary/aromatic N) is 1. The van der Waals surface area contributed by atoms with Crippen LogP contribution in [0.2, 0.25) is 0 Å². The maximum atomic E-state index is 13.3. The Kier molecular flexibility index (Phi) is 6.22. The van der Waals surface area contributed by atoms with Crippen LogP contribution in [-0.2, 0) is 9.53 Å². The maximum absolute atomic E-state index is 13.3. The number of pyridine rings is 1. The first kappa shape index (κ1) is 21.2. The number of amides is 1. The zero-order chi connectivity index (χ0) is 22.5. The minimum atomic E-state index is -0.630. The lowest BCUT2D eigenvalue weighted by molar-refractivity contribution is -0.124. The number of fused-ring (bicyclic) bond motifs is 1. The lowest BCUT2D eigenvalue weighted by Crippen LogP contribution is -2.31. The van der Waals surface area contributed by atoms with Gasteiger partial charge in [-0.3, -0.25) is 4.79 Å². The molecule has 0 saturated carbocycles. The largest absolute Gasteiger partial charge is 0.452 e. The van der Waals surface area contributed by atoms with Crippen molar-refractivity contribution in [3.05, 3.63) is 102 Å². The Hall–Kier alpha value is -4.06. The highest BCUT2D eigenvalue weighted by molar-refractivity contribution is 6.05. The molecule has 3 aromatic carbocycles. The summed E-state index contributed by atoms with van der Waals surface area (Å²) in [6.07, 6.45) is 0. The molecule has 4 rings (SSSR count). The molecule has 1 N–H and O–H groups in total. The van der Waals surface area contributed by atoms with Crippen LogP contribution in [0, 0.1) is 5.82 Å². The molecule has 4 aromatic rings. The number of benzene rings is 3. The fraction of sp³-hybridized carbons (Fsp3) is 0.115. The van der Waals surface area contributed by atoms with E-state index >= 15 is 0 Å². The van der Waals surface area contributed by atoms with Crippen molar-refractivity contribution in [1.82, 2.24) is 10.3 Å². The molecule has 1 amide bonds. The van der Waals surface area contributed by atoms with E-state index in [2.05, 4.69) is 10.3 Å². The zero-order valence-corrected chi connectivity index (χ0v) is 17.4. The predicted molar refractivity (Wildman–Crippen MR) is 120 cm³/mol. The number of esters is 1. The van der Waals surface area contributed by atoms with Crippen LogP contribution >= 0.6 is 0 Å². The fourth-order valence-corrected chi connectivity index (χ4v) is 3.43. The summed E-state index contributed by atoms with van der Waals surface area (Å²) in [6.45, 7) is 1.46. The minimum Gasteiger partial charge on any atom is -0.452 e. The van der Waals surface area contributed by atoms with Gasteiger partial charge in [-0.15, -0.1) is 0 Å². The number of carbonyl (C=O) groups excluding carboxylic acids is 2. The molecule has 1 heterocycles. The van der Waals surface area contributed by atoms with Crippen molar-refractivity contribution in [1.29, 1.82) is 0 Å². The lowest BCUT2D eigenvalue weighted by atomic mass is 10.0. The summed E-state index contributed by atoms with van der Waals surface area (Å²) >= 11 is 0. The first-order valence-corrected chi connectivity index (χ1v) is 10.2. The lowest BCUT2D eigenvalue weighted by Gasteiger charge is -2.14. The van der Waals surface area contributed by atoms with E-state index in [1.165, 1.54) is 12.1 Å². The monoisotopic (exact) mass is 428 g/mol. The topological polar surface area (TPSA) is 68.3 Å². The second-order valence-corrected chi connectivity index (χ2v) is 7.36. The van der Waals surface area contributed by atoms with Gasteiger partial charge in [0.2, 0.25) is 0 Å². The normalized spacial score (nSPS) is 11.7. The quantitative estimate of drug-likeness (QED) is 0.435. The van der Waals surface area contributed by atoms with Crippen molar-refractivity contribution in [3.8, 4) is 11.3 Å². The van der Waals surface area contributed by atoms with Crippen LogP contribution in [0.4, 0.5) is 4.39 Å². The number of nitrogens with one attached hydrogen (secondary N) is 1. The van der Waals surface area contributed by atoms with Gasteiger partial charge in [0.15, 0.2) is 6.61 Å². The molecule has 0 spiro atoms. The van der Waals surface area contributed by atoms with Gasteiger partial charge in [-0.25, -0.2) is 14.2 Å². The molecule has 1 atom stereocenters. The molecule has 0 aliphatic heterocycles. The summed E-state index contributed by atoms with van der Waals surface area (Å²) in [5.74, 6) is -1.38. The Morgan fingerprint density at radius 3 is 2.41 bits per heavy atom. The Balaban J connectivity index is 1.52. The highest BCUT2D eigenvalue weighted by atomic mass is 19.1. The molecule has 0 bridgehead atoms. The van der Waals surface area contributed by atoms with Crippen molar-refractivity contribution in [2.45, 2.75) is 13.0 Å². The van der Waals surface area contributed by atoms with E-state index in [1.54, 1.807) is 36.4 Å². The van der Waals surface area contributed by atoms with Gasteiger partial charge in [-0.1, -0.05) is 48.5 Å². The van der Waals surface area contributed by atoms with Crippen molar-refractivity contribution in [2.75, 3.05) is 6.61 Å². The fourth-order valence-electron chi connectivity index (χ4n) is 3.43. The highest BCUT2D eigenvalue weighted by Crippen LogP contribution is 2.25. The van der Waals surface area contributed by atoms with Crippen molar-refractivity contribution in [3.63, 3.8) is 0 Å². The molecule has 6 heteroatoms. The molecule has 0 aliphatic carbocycles. The van der Waals surface area contributed by atoms with Gasteiger partial charge < -0.3 is 10.1 Å². The molecule has 1 aromatic heterocycles. The van der Waals surface area contributed by atoms with Crippen LogP contribution in [0.25, 0.3) is 22.2 Å². The molecule has 0 unspecified atom stereocenters. The first-order valence-electron chi connectivity index (χ1n) is 10.2. The average molecular weight is 428 g/mol. The molecule has 0 fully saturated rings. The Labute approximate surface area is 184 Å². The second kappa shape index (κ2) is 9.39. The summed E-state index contributed by atoms with van der Waals surface area (Å²) < 4.78 is 18.6. The third kappa shape index (κ3) is 4.81. The van der Waals surface area contributed by atoms with Crippen LogP contribution < -0.4 is 5.32 Å². The minimum absolute atomic E-state index is 0.214. The highest BCUT2D eigenvalue weighted by Gasteiger charge is 2.17. The summed E-state index contributed by atoms with van der Waals surface area (Å²) in [6, 6.07) is 23.9. The van der Waals surface area contributed by atoms with E-state index in [0.717, 1.165) is 5.56 Å². The molecule has 5 nitrogen and oxygen atoms in total. The van der Waals surface area contributed by atoms with Gasteiger partial charge in [0.25, 0.3) is 5.91 Å². The van der Waals surface area contributed by atoms with Gasteiger partial charge >= 0.3 is 5.97 Å². The Morgan fingerprint density at radius 1 is 0.969 bits per heavy atom. The van der Waals surface area contributed by atoms with Crippen LogP contribution in [-0.4, -0.2) is 23.5 Å². The maximum Gasteiger partial charge on any atom is 0.339 e. The van der Waals surface area contributed by atoms with E-state index in [0.29, 0.717) is 27.7 Å². The SMILES string of the molecule is C[C@H](NC(=O)COC(=O)c1cc(-c2ccc(F)cc2)nc2ccccc12)c1ccccc1. The van der Waals surface area contributed by atoms with Crippen LogP contribution in [0.3, 0.4) is 0 Å². The van der Waals surface area contributed by atoms with E-state index in [-0.39, 0.29) is 11.9 Å². The predicted octanol–water partition coefficient (Wildman–Crippen LogP) is 5.08. The Bertz CT molecular complexity index is 1260. The average Bonchev–Trinajstić information content (AvgIpc) is 2.83. The summed E-state index contributed by atoms with van der Waals surface area (Å²) in [5, 5.41) is 3.43. The third-order valence-corrected chi connectivity index (χ3v) is 5.09. The third-order valence-electron chi connectivity index (χ3n) is 5.09. The molecule has 0 saturated heterocycles. The molecule has 160 valence electrons. The van der Waals surface area contributed by atoms with E-state index in [1.807, 2.05) is 43.3 Å². The summed E-state index contributed by atoms with van der Waals surface area (Å²) in [7, 11) is 0. The van der Waals surface area contributed by atoms with Gasteiger partial charge in [0, 0.05) is 10.9 Å². The van der Waals surface area contributed by atoms with Gasteiger partial charge in [0.1, 0.15) is 5.82 Å². The number of aromatic nitrogens is 1. The zero-order valence-electron chi connectivity index (χ0n) is 17.4. The second-order valence-electron chi connectivity index (χ2n) is 7.36. The van der Waals surface area contributed by atoms with E-state index in [9.17, 15) is 14.0 Å². The molecular formula is C26H21FN2O3. The molecular weight excluding hydrogens is 407 g/mol. The van der Waals surface area contributed by atoms with E-state index in [4.69, 9.17) is 4.74 Å². The van der Waals surface area contributed by atoms with Gasteiger partial charge in [0.05, 0.1) is 22.8 Å². The van der Waals surface area contributed by atoms with Crippen LogP contribution in [0.5, 0.6) is 0 Å². The van der Waals surface area contributed by atoms with Gasteiger partial charge in [-0.2, -0.15) is 0 Å². The number of carbonyl (C=O) groups is 2.